The topological polar surface area (TPSA) is 86.0 Å². The Morgan fingerprint density at radius 3 is 1.18 bits per heavy atom. The van der Waals surface area contributed by atoms with Gasteiger partial charge in [0, 0.05) is 55.5 Å². The zero-order chi connectivity index (χ0) is 49.0. The second-order valence-electron chi connectivity index (χ2n) is 18.3. The molecule has 0 N–H and O–H groups in total. The fraction of sp³-hybridized carbons (Fsp3) is 0. The average Bonchev–Trinajstić information content (AvgIpc) is 4.26. The normalized spacial score (nSPS) is 11.5. The van der Waals surface area contributed by atoms with Crippen LogP contribution in [0.1, 0.15) is 0 Å². The molecule has 0 amide bonds. The van der Waals surface area contributed by atoms with Gasteiger partial charge >= 0.3 is 0 Å². The summed E-state index contributed by atoms with van der Waals surface area (Å²) in [5, 5.41) is 24.6. The summed E-state index contributed by atoms with van der Waals surface area (Å²) in [6, 6.07) is 89.0. The van der Waals surface area contributed by atoms with E-state index in [-0.39, 0.29) is 0 Å². The van der Waals surface area contributed by atoms with E-state index in [0.29, 0.717) is 23.6 Å². The van der Waals surface area contributed by atoms with Crippen LogP contribution in [0.15, 0.2) is 264 Å². The van der Waals surface area contributed by atoms with Crippen molar-refractivity contribution >= 4 is 60.4 Å². The first-order valence-corrected chi connectivity index (χ1v) is 24.6. The third-order valence-electron chi connectivity index (χ3n) is 14.0. The molecular formula is C66H42N6O2. The van der Waals surface area contributed by atoms with E-state index in [2.05, 4.69) is 224 Å². The molecule has 0 aliphatic heterocycles. The van der Waals surface area contributed by atoms with Gasteiger partial charge in [-0.25, -0.2) is 0 Å². The number of anilines is 3. The molecule has 0 unspecified atom stereocenters. The molecule has 348 valence electrons. The number of aromatic nitrogens is 5. The molecule has 74 heavy (non-hydrogen) atoms. The second kappa shape index (κ2) is 17.9. The van der Waals surface area contributed by atoms with Crippen LogP contribution < -0.4 is 4.90 Å². The van der Waals surface area contributed by atoms with Gasteiger partial charge in [0.15, 0.2) is 0 Å². The highest BCUT2D eigenvalue weighted by Crippen LogP contribution is 2.50. The van der Waals surface area contributed by atoms with Gasteiger partial charge in [0.2, 0.25) is 23.6 Å². The fourth-order valence-electron chi connectivity index (χ4n) is 10.6. The lowest BCUT2D eigenvalue weighted by atomic mass is 9.84. The highest BCUT2D eigenvalue weighted by atomic mass is 16.4. The zero-order valence-electron chi connectivity index (χ0n) is 39.7. The van der Waals surface area contributed by atoms with Crippen LogP contribution in [0.25, 0.3) is 117 Å². The van der Waals surface area contributed by atoms with Crippen molar-refractivity contribution in [2.45, 2.75) is 0 Å². The van der Waals surface area contributed by atoms with E-state index in [4.69, 9.17) is 8.83 Å². The summed E-state index contributed by atoms with van der Waals surface area (Å²) < 4.78 is 14.8. The van der Waals surface area contributed by atoms with Gasteiger partial charge in [-0.3, -0.25) is 0 Å². The zero-order valence-corrected chi connectivity index (χ0v) is 39.7. The summed E-state index contributed by atoms with van der Waals surface area (Å²) in [6.07, 6.45) is 0. The first-order chi connectivity index (χ1) is 36.7. The maximum atomic E-state index is 6.24. The van der Waals surface area contributed by atoms with Gasteiger partial charge in [-0.05, 0) is 142 Å². The average molecular weight is 951 g/mol. The molecule has 0 radical (unpaired) electrons. The third kappa shape index (κ3) is 7.31. The van der Waals surface area contributed by atoms with Crippen LogP contribution in [-0.2, 0) is 0 Å². The Morgan fingerprint density at radius 2 is 0.662 bits per heavy atom. The van der Waals surface area contributed by atoms with Crippen molar-refractivity contribution in [2.24, 2.45) is 0 Å². The first-order valence-electron chi connectivity index (χ1n) is 24.6. The monoisotopic (exact) mass is 950 g/mol. The Labute approximate surface area is 425 Å². The number of benzene rings is 11. The van der Waals surface area contributed by atoms with Gasteiger partial charge in [-0.1, -0.05) is 152 Å². The molecule has 3 heterocycles. The Kier molecular flexibility index (Phi) is 10.3. The molecule has 14 aromatic rings. The first kappa shape index (κ1) is 42.7. The van der Waals surface area contributed by atoms with E-state index in [1.807, 2.05) is 60.7 Å². The highest BCUT2D eigenvalue weighted by Gasteiger charge is 2.24. The number of hydrogen-bond donors (Lipinski definition) is 0. The number of fused-ring (bicyclic) bond motifs is 5. The van der Waals surface area contributed by atoms with Gasteiger partial charge < -0.3 is 18.3 Å². The lowest BCUT2D eigenvalue weighted by molar-refractivity contribution is 0.584. The minimum atomic E-state index is 0.459. The number of hydrogen-bond acceptors (Lipinski definition) is 7. The van der Waals surface area contributed by atoms with E-state index >= 15 is 0 Å². The lowest BCUT2D eigenvalue weighted by Gasteiger charge is -2.29. The van der Waals surface area contributed by atoms with Crippen molar-refractivity contribution < 1.29 is 8.83 Å². The molecule has 0 atom stereocenters. The Morgan fingerprint density at radius 1 is 0.284 bits per heavy atom. The minimum absolute atomic E-state index is 0.459. The van der Waals surface area contributed by atoms with Crippen LogP contribution in [0.4, 0.5) is 17.1 Å². The molecule has 8 heteroatoms. The summed E-state index contributed by atoms with van der Waals surface area (Å²) in [7, 11) is 0. The Balaban J connectivity index is 0.964. The van der Waals surface area contributed by atoms with E-state index < -0.39 is 0 Å². The van der Waals surface area contributed by atoms with Gasteiger partial charge in [-0.2, -0.15) is 0 Å². The Bertz CT molecular complexity index is 4280. The lowest BCUT2D eigenvalue weighted by Crippen LogP contribution is -2.11. The number of rotatable bonds is 10. The number of nitrogens with zero attached hydrogens (tertiary/aromatic N) is 6. The summed E-state index contributed by atoms with van der Waals surface area (Å²) >= 11 is 0. The van der Waals surface area contributed by atoms with Crippen LogP contribution in [0, 0.1) is 0 Å². The van der Waals surface area contributed by atoms with E-state index in [9.17, 15) is 0 Å². The fourth-order valence-corrected chi connectivity index (χ4v) is 10.6. The molecule has 0 fully saturated rings. The van der Waals surface area contributed by atoms with Crippen molar-refractivity contribution in [2.75, 3.05) is 4.90 Å². The Hall–Kier alpha value is -10.2. The molecule has 0 aliphatic rings. The largest absolute Gasteiger partial charge is 0.416 e. The standard InChI is InChI=1S/C66H42N6O2/c1-4-17-45(18-5-1)63-67-69-65(73-63)47-35-31-43(32-36-47)60-54-25-10-11-26-55(54)61(44-33-37-48(38-34-44)66-70-68-64(74-66)46-19-6-2-7-20-46)62-56(60)27-16-30-59(62)71(49-21-8-3-9-22-49)50-39-41-51(42-40-50)72-57-28-14-12-23-52(57)53-24-13-15-29-58(53)72/h1-42H. The van der Waals surface area contributed by atoms with Crippen molar-refractivity contribution in [3.05, 3.63) is 255 Å². The summed E-state index contributed by atoms with van der Waals surface area (Å²) in [5.74, 6) is 1.89. The van der Waals surface area contributed by atoms with Crippen LogP contribution in [0.5, 0.6) is 0 Å². The van der Waals surface area contributed by atoms with Gasteiger partial charge in [0.05, 0.1) is 16.7 Å². The maximum absolute atomic E-state index is 6.24. The van der Waals surface area contributed by atoms with Gasteiger partial charge in [0.1, 0.15) is 0 Å². The minimum Gasteiger partial charge on any atom is -0.416 e. The smallest absolute Gasteiger partial charge is 0.248 e. The summed E-state index contributed by atoms with van der Waals surface area (Å²) in [6.45, 7) is 0. The summed E-state index contributed by atoms with van der Waals surface area (Å²) in [4.78, 5) is 2.39. The van der Waals surface area contributed by atoms with Crippen molar-refractivity contribution in [1.82, 2.24) is 25.0 Å². The maximum Gasteiger partial charge on any atom is 0.248 e. The second-order valence-corrected chi connectivity index (χ2v) is 18.3. The molecule has 8 nitrogen and oxygen atoms in total. The van der Waals surface area contributed by atoms with E-state index in [1.54, 1.807) is 0 Å². The predicted octanol–water partition coefficient (Wildman–Crippen LogP) is 17.3. The third-order valence-corrected chi connectivity index (χ3v) is 14.0. The predicted molar refractivity (Wildman–Crippen MR) is 299 cm³/mol. The van der Waals surface area contributed by atoms with Crippen LogP contribution in [0.2, 0.25) is 0 Å². The van der Waals surface area contributed by atoms with Gasteiger partial charge in [-0.15, -0.1) is 20.4 Å². The van der Waals surface area contributed by atoms with Crippen LogP contribution in [0.3, 0.4) is 0 Å². The number of para-hydroxylation sites is 3. The summed E-state index contributed by atoms with van der Waals surface area (Å²) in [5.41, 5.74) is 14.3. The van der Waals surface area contributed by atoms with Crippen LogP contribution >= 0.6 is 0 Å². The van der Waals surface area contributed by atoms with Crippen molar-refractivity contribution in [3.63, 3.8) is 0 Å². The van der Waals surface area contributed by atoms with E-state index in [0.717, 1.165) is 88.8 Å². The van der Waals surface area contributed by atoms with E-state index in [1.165, 1.54) is 21.8 Å². The molecule has 11 aromatic carbocycles. The van der Waals surface area contributed by atoms with Crippen molar-refractivity contribution in [1.29, 1.82) is 0 Å². The molecule has 0 bridgehead atoms. The van der Waals surface area contributed by atoms with Crippen LogP contribution in [-0.4, -0.2) is 25.0 Å². The molecule has 14 rings (SSSR count). The molecule has 0 aliphatic carbocycles. The van der Waals surface area contributed by atoms with Crippen molar-refractivity contribution in [3.8, 4) is 73.8 Å². The molecule has 3 aromatic heterocycles. The SMILES string of the molecule is c1ccc(-c2nnc(-c3ccc(-c4c5ccccc5c(-c5ccc(-c6nnc(-c7ccccc7)o6)cc5)c5c(N(c6ccccc6)c6ccc(-n7c8ccccc8c8ccccc87)cc6)cccc45)cc3)o2)cc1. The molecule has 0 saturated heterocycles. The molecule has 0 spiro atoms. The van der Waals surface area contributed by atoms with Gasteiger partial charge in [0.25, 0.3) is 0 Å². The molecule has 0 saturated carbocycles. The highest BCUT2D eigenvalue weighted by molar-refractivity contribution is 6.25. The molecular weight excluding hydrogens is 909 g/mol. The quantitative estimate of drug-likeness (QED) is 0.126.